The van der Waals surface area contributed by atoms with Crippen LogP contribution in [-0.2, 0) is 5.41 Å². The number of benzene rings is 8. The van der Waals surface area contributed by atoms with Crippen LogP contribution in [0, 0.1) is 0 Å². The van der Waals surface area contributed by atoms with Crippen LogP contribution in [0.1, 0.15) is 25.0 Å². The number of hydrogen-bond acceptors (Lipinski definition) is 3. The Morgan fingerprint density at radius 3 is 1.70 bits per heavy atom. The van der Waals surface area contributed by atoms with Crippen LogP contribution in [0.5, 0.6) is 0 Å². The molecule has 0 fully saturated rings. The van der Waals surface area contributed by atoms with Gasteiger partial charge in [0.25, 0.3) is 0 Å². The lowest BCUT2D eigenvalue weighted by Crippen LogP contribution is -2.14. The normalized spacial score (nSPS) is 13.0. The molecule has 264 valence electrons. The highest BCUT2D eigenvalue weighted by atomic mass is 32.1. The Morgan fingerprint density at radius 2 is 0.929 bits per heavy atom. The van der Waals surface area contributed by atoms with E-state index in [0.29, 0.717) is 0 Å². The van der Waals surface area contributed by atoms with Gasteiger partial charge in [0.15, 0.2) is 5.82 Å². The molecule has 11 rings (SSSR count). The minimum absolute atomic E-state index is 0.00726. The van der Waals surface area contributed by atoms with Crippen molar-refractivity contribution in [2.24, 2.45) is 0 Å². The molecule has 2 aromatic heterocycles. The number of rotatable bonds is 5. The lowest BCUT2D eigenvalue weighted by Gasteiger charge is -2.21. The Labute approximate surface area is 330 Å². The van der Waals surface area contributed by atoms with Gasteiger partial charge in [-0.15, -0.1) is 11.3 Å². The van der Waals surface area contributed by atoms with Crippen molar-refractivity contribution in [3.05, 3.63) is 193 Å². The smallest absolute Gasteiger partial charge is 0.161 e. The molecule has 2 nitrogen and oxygen atoms in total. The highest BCUT2D eigenvalue weighted by Crippen LogP contribution is 2.50. The topological polar surface area (TPSA) is 25.8 Å². The van der Waals surface area contributed by atoms with E-state index >= 15 is 0 Å². The van der Waals surface area contributed by atoms with Crippen molar-refractivity contribution in [3.8, 4) is 67.3 Å². The Balaban J connectivity index is 1.07. The van der Waals surface area contributed by atoms with E-state index < -0.39 is 0 Å². The molecule has 0 unspecified atom stereocenters. The van der Waals surface area contributed by atoms with Crippen molar-refractivity contribution in [2.45, 2.75) is 19.3 Å². The van der Waals surface area contributed by atoms with Gasteiger partial charge in [0.05, 0.1) is 11.4 Å². The number of hydrogen-bond donors (Lipinski definition) is 0. The molecule has 0 amide bonds. The maximum Gasteiger partial charge on any atom is 0.161 e. The minimum Gasteiger partial charge on any atom is -0.228 e. The third-order valence-corrected chi connectivity index (χ3v) is 12.8. The summed E-state index contributed by atoms with van der Waals surface area (Å²) in [5, 5.41) is 4.94. The van der Waals surface area contributed by atoms with E-state index in [1.54, 1.807) is 0 Å². The Bertz CT molecular complexity index is 3140. The highest BCUT2D eigenvalue weighted by molar-refractivity contribution is 7.26. The zero-order chi connectivity index (χ0) is 37.4. The number of aromatic nitrogens is 2. The minimum atomic E-state index is -0.00726. The van der Waals surface area contributed by atoms with Crippen LogP contribution in [-0.4, -0.2) is 9.97 Å². The molecule has 0 N–H and O–H groups in total. The van der Waals surface area contributed by atoms with Gasteiger partial charge in [-0.2, -0.15) is 0 Å². The molecule has 56 heavy (non-hydrogen) atoms. The Morgan fingerprint density at radius 1 is 0.375 bits per heavy atom. The van der Waals surface area contributed by atoms with Gasteiger partial charge < -0.3 is 0 Å². The van der Waals surface area contributed by atoms with Gasteiger partial charge in [0, 0.05) is 42.3 Å². The van der Waals surface area contributed by atoms with E-state index in [4.69, 9.17) is 9.97 Å². The third kappa shape index (κ3) is 5.23. The van der Waals surface area contributed by atoms with Crippen LogP contribution in [0.15, 0.2) is 182 Å². The summed E-state index contributed by atoms with van der Waals surface area (Å²) in [7, 11) is 0. The fourth-order valence-electron chi connectivity index (χ4n) is 8.84. The van der Waals surface area contributed by atoms with Crippen molar-refractivity contribution in [1.29, 1.82) is 0 Å². The predicted octanol–water partition coefficient (Wildman–Crippen LogP) is 14.6. The molecule has 8 aromatic carbocycles. The van der Waals surface area contributed by atoms with Crippen molar-refractivity contribution in [1.82, 2.24) is 9.97 Å². The van der Waals surface area contributed by atoms with Crippen LogP contribution in [0.3, 0.4) is 0 Å². The van der Waals surface area contributed by atoms with E-state index in [9.17, 15) is 0 Å². The summed E-state index contributed by atoms with van der Waals surface area (Å²) in [5.74, 6) is 0.728. The van der Waals surface area contributed by atoms with Gasteiger partial charge in [-0.3, -0.25) is 0 Å². The molecule has 0 saturated carbocycles. The van der Waals surface area contributed by atoms with E-state index in [1.165, 1.54) is 70.1 Å². The number of nitrogens with zero attached hydrogens (tertiary/aromatic N) is 2. The first-order valence-corrected chi connectivity index (χ1v) is 20.0. The Hall–Kier alpha value is -6.68. The molecule has 2 heterocycles. The number of fused-ring (bicyclic) bond motifs is 8. The molecule has 0 atom stereocenters. The van der Waals surface area contributed by atoms with Crippen molar-refractivity contribution in [3.63, 3.8) is 0 Å². The van der Waals surface area contributed by atoms with E-state index in [0.717, 1.165) is 39.3 Å². The van der Waals surface area contributed by atoms with E-state index in [1.807, 2.05) is 17.4 Å². The van der Waals surface area contributed by atoms with Crippen molar-refractivity contribution >= 4 is 42.3 Å². The molecule has 1 aliphatic carbocycles. The third-order valence-electron chi connectivity index (χ3n) is 11.7. The monoisotopic (exact) mass is 732 g/mol. The summed E-state index contributed by atoms with van der Waals surface area (Å²) in [6.07, 6.45) is 0. The van der Waals surface area contributed by atoms with Crippen LogP contribution < -0.4 is 0 Å². The first-order chi connectivity index (χ1) is 27.5. The quantitative estimate of drug-likeness (QED) is 0.176. The zero-order valence-corrected chi connectivity index (χ0v) is 31.9. The van der Waals surface area contributed by atoms with Gasteiger partial charge in [0.1, 0.15) is 0 Å². The highest BCUT2D eigenvalue weighted by Gasteiger charge is 2.35. The lowest BCUT2D eigenvalue weighted by atomic mass is 9.82. The largest absolute Gasteiger partial charge is 0.228 e. The second-order valence-corrected chi connectivity index (χ2v) is 16.4. The second kappa shape index (κ2) is 12.7. The van der Waals surface area contributed by atoms with Gasteiger partial charge in [0.2, 0.25) is 0 Å². The van der Waals surface area contributed by atoms with Crippen LogP contribution in [0.4, 0.5) is 0 Å². The van der Waals surface area contributed by atoms with Gasteiger partial charge >= 0.3 is 0 Å². The molecule has 1 aliphatic rings. The molecular weight excluding hydrogens is 697 g/mol. The fraction of sp³-hybridized carbons (Fsp3) is 0.0566. The second-order valence-electron chi connectivity index (χ2n) is 15.4. The van der Waals surface area contributed by atoms with Crippen molar-refractivity contribution < 1.29 is 0 Å². The molecule has 0 saturated heterocycles. The van der Waals surface area contributed by atoms with E-state index in [-0.39, 0.29) is 5.41 Å². The van der Waals surface area contributed by atoms with Crippen molar-refractivity contribution in [2.75, 3.05) is 0 Å². The summed E-state index contributed by atoms with van der Waals surface area (Å²) in [6, 6.07) is 65.8. The molecule has 10 aromatic rings. The summed E-state index contributed by atoms with van der Waals surface area (Å²) < 4.78 is 2.51. The van der Waals surface area contributed by atoms with Gasteiger partial charge in [-0.1, -0.05) is 166 Å². The SMILES string of the molecule is CC1(C)c2ccccc2-c2cc(-c3ccc4sc5cc(-c6nc(-c7ccccc7)cc(-c7ccc(-c8ccccc8)cc7)n6)c6ccccc6c5c4c3)ccc21. The lowest BCUT2D eigenvalue weighted by molar-refractivity contribution is 0.660. The summed E-state index contributed by atoms with van der Waals surface area (Å²) >= 11 is 1.84. The standard InChI is InChI=1S/C53H36N2S/c1-53(2)45-20-12-11-18-40(45)42-29-37(25-27-46(42)53)38-26-28-49-44(30-38)51-41-19-10-9-17-39(41)43(31-50(51)56-49)52-54-47(35-15-7-4-8-16-35)32-48(55-52)36-23-21-34(22-24-36)33-13-5-3-6-14-33/h3-32H,1-2H3. The molecule has 0 spiro atoms. The first-order valence-electron chi connectivity index (χ1n) is 19.2. The van der Waals surface area contributed by atoms with E-state index in [2.05, 4.69) is 190 Å². The molecule has 0 aliphatic heterocycles. The van der Waals surface area contributed by atoms with Gasteiger partial charge in [-0.05, 0) is 85.6 Å². The Kier molecular flexibility index (Phi) is 7.42. The predicted molar refractivity (Wildman–Crippen MR) is 237 cm³/mol. The molecular formula is C53H36N2S. The van der Waals surface area contributed by atoms with Crippen LogP contribution >= 0.6 is 11.3 Å². The van der Waals surface area contributed by atoms with Gasteiger partial charge in [-0.25, -0.2) is 9.97 Å². The molecule has 0 radical (unpaired) electrons. The average Bonchev–Trinajstić information content (AvgIpc) is 3.75. The fourth-order valence-corrected chi connectivity index (χ4v) is 9.98. The van der Waals surface area contributed by atoms with Crippen LogP contribution in [0.25, 0.3) is 98.2 Å². The summed E-state index contributed by atoms with van der Waals surface area (Å²) in [5.41, 5.74) is 15.3. The maximum atomic E-state index is 5.31. The maximum absolute atomic E-state index is 5.31. The molecule has 0 bridgehead atoms. The van der Waals surface area contributed by atoms with Crippen LogP contribution in [0.2, 0.25) is 0 Å². The molecule has 3 heteroatoms. The first kappa shape index (κ1) is 32.7. The average molecular weight is 733 g/mol. The summed E-state index contributed by atoms with van der Waals surface area (Å²) in [4.78, 5) is 10.6. The zero-order valence-electron chi connectivity index (χ0n) is 31.1. The summed E-state index contributed by atoms with van der Waals surface area (Å²) in [6.45, 7) is 4.68. The number of thiophene rings is 1.